The largest absolute Gasteiger partial charge is 0.227 e. The summed E-state index contributed by atoms with van der Waals surface area (Å²) in [7, 11) is -3.71. The third kappa shape index (κ3) is 4.46. The molecule has 1 atom stereocenters. The van der Waals surface area contributed by atoms with Crippen LogP contribution in [0.5, 0.6) is 0 Å². The van der Waals surface area contributed by atoms with Crippen LogP contribution in [0, 0.1) is 0 Å². The Labute approximate surface area is 146 Å². The molecule has 24 heavy (non-hydrogen) atoms. The second-order valence-electron chi connectivity index (χ2n) is 8.15. The molecule has 4 heteroatoms. The summed E-state index contributed by atoms with van der Waals surface area (Å²) in [6.45, 7) is 12.7. The van der Waals surface area contributed by atoms with E-state index < -0.39 is 10.0 Å². The maximum absolute atomic E-state index is 12.6. The van der Waals surface area contributed by atoms with Crippen molar-refractivity contribution in [3.8, 4) is 0 Å². The van der Waals surface area contributed by atoms with Gasteiger partial charge in [0.25, 0.3) is 0 Å². The second-order valence-corrected chi connectivity index (χ2v) is 9.75. The number of hydrogen-bond donors (Lipinski definition) is 0. The SMILES string of the molecule is CC(C)(C)c1cc(N=S([O])(=O)c2ccccc2)cc(C(C)(C)C)c1. The lowest BCUT2D eigenvalue weighted by Gasteiger charge is -2.25. The van der Waals surface area contributed by atoms with Gasteiger partial charge in [-0.15, -0.1) is 4.55 Å². The van der Waals surface area contributed by atoms with Crippen LogP contribution in [-0.4, -0.2) is 4.21 Å². The minimum Gasteiger partial charge on any atom is -0.213 e. The molecular formula is C20H26NO2S. The van der Waals surface area contributed by atoms with E-state index in [4.69, 9.17) is 0 Å². The standard InChI is InChI=1S/C20H26NO2S/c1-19(2,3)15-12-16(20(4,5)6)14-17(13-15)21-24(22,23)18-10-8-7-9-11-18/h7-14H,1-6H3. The van der Waals surface area contributed by atoms with Gasteiger partial charge in [0.15, 0.2) is 0 Å². The zero-order valence-corrected chi connectivity index (χ0v) is 16.1. The maximum Gasteiger partial charge on any atom is 0.227 e. The highest BCUT2D eigenvalue weighted by Crippen LogP contribution is 2.34. The Hall–Kier alpha value is -1.65. The highest BCUT2D eigenvalue weighted by molar-refractivity contribution is 7.88. The van der Waals surface area contributed by atoms with Gasteiger partial charge in [-0.05, 0) is 46.2 Å². The van der Waals surface area contributed by atoms with Crippen molar-refractivity contribution in [3.05, 3.63) is 59.7 Å². The first-order valence-corrected chi connectivity index (χ1v) is 9.53. The van der Waals surface area contributed by atoms with Crippen molar-refractivity contribution in [2.24, 2.45) is 4.36 Å². The fourth-order valence-electron chi connectivity index (χ4n) is 2.31. The number of benzene rings is 2. The quantitative estimate of drug-likeness (QED) is 0.680. The molecule has 1 radical (unpaired) electrons. The van der Waals surface area contributed by atoms with Crippen molar-refractivity contribution in [2.75, 3.05) is 0 Å². The molecule has 0 fully saturated rings. The second kappa shape index (κ2) is 6.34. The van der Waals surface area contributed by atoms with Gasteiger partial charge < -0.3 is 0 Å². The Morgan fingerprint density at radius 1 is 0.792 bits per heavy atom. The van der Waals surface area contributed by atoms with Crippen LogP contribution in [0.25, 0.3) is 0 Å². The number of nitrogens with zero attached hydrogens (tertiary/aromatic N) is 1. The normalized spacial score (nSPS) is 15.0. The molecule has 0 heterocycles. The molecule has 2 aromatic rings. The van der Waals surface area contributed by atoms with Gasteiger partial charge in [-0.2, -0.15) is 4.36 Å². The van der Waals surface area contributed by atoms with Crippen LogP contribution in [0.4, 0.5) is 5.69 Å². The molecule has 2 rings (SSSR count). The lowest BCUT2D eigenvalue weighted by Crippen LogP contribution is -2.16. The van der Waals surface area contributed by atoms with Crippen LogP contribution >= 0.6 is 0 Å². The van der Waals surface area contributed by atoms with E-state index >= 15 is 0 Å². The molecule has 1 unspecified atom stereocenters. The Morgan fingerprint density at radius 2 is 1.25 bits per heavy atom. The van der Waals surface area contributed by atoms with Crippen molar-refractivity contribution < 1.29 is 8.76 Å². The molecule has 0 aliphatic carbocycles. The zero-order valence-electron chi connectivity index (χ0n) is 15.3. The number of rotatable bonds is 2. The Balaban J connectivity index is 2.66. The van der Waals surface area contributed by atoms with E-state index in [1.165, 1.54) is 0 Å². The molecule has 0 spiro atoms. The molecule has 0 aliphatic rings. The Bertz CT molecular complexity index is 802. The van der Waals surface area contributed by atoms with Crippen molar-refractivity contribution >= 4 is 15.7 Å². The lowest BCUT2D eigenvalue weighted by atomic mass is 9.80. The average molecular weight is 345 g/mol. The summed E-state index contributed by atoms with van der Waals surface area (Å²) >= 11 is 0. The zero-order chi connectivity index (χ0) is 18.2. The van der Waals surface area contributed by atoms with Gasteiger partial charge in [0.1, 0.15) is 0 Å². The molecule has 0 bridgehead atoms. The van der Waals surface area contributed by atoms with Crippen LogP contribution in [0.2, 0.25) is 0 Å². The molecule has 0 amide bonds. The van der Waals surface area contributed by atoms with E-state index in [1.54, 1.807) is 30.3 Å². The van der Waals surface area contributed by atoms with Gasteiger partial charge in [-0.1, -0.05) is 65.8 Å². The maximum atomic E-state index is 12.6. The van der Waals surface area contributed by atoms with E-state index in [-0.39, 0.29) is 15.7 Å². The molecule has 0 N–H and O–H groups in total. The van der Waals surface area contributed by atoms with Crippen molar-refractivity contribution in [1.29, 1.82) is 0 Å². The summed E-state index contributed by atoms with van der Waals surface area (Å²) < 4.78 is 29.2. The van der Waals surface area contributed by atoms with Gasteiger partial charge in [-0.25, -0.2) is 4.21 Å². The minimum atomic E-state index is -3.71. The summed E-state index contributed by atoms with van der Waals surface area (Å²) in [5.41, 5.74) is 2.48. The highest BCUT2D eigenvalue weighted by Gasteiger charge is 2.21. The summed E-state index contributed by atoms with van der Waals surface area (Å²) in [4.78, 5) is 0.212. The Morgan fingerprint density at radius 3 is 1.67 bits per heavy atom. The van der Waals surface area contributed by atoms with Gasteiger partial charge in [-0.3, -0.25) is 0 Å². The topological polar surface area (TPSA) is 49.3 Å². The van der Waals surface area contributed by atoms with Crippen LogP contribution in [0.15, 0.2) is 57.8 Å². The predicted molar refractivity (Wildman–Crippen MR) is 99.5 cm³/mol. The molecule has 0 saturated carbocycles. The average Bonchev–Trinajstić information content (AvgIpc) is 2.45. The van der Waals surface area contributed by atoms with E-state index in [0.29, 0.717) is 5.69 Å². The fourth-order valence-corrected chi connectivity index (χ4v) is 3.30. The van der Waals surface area contributed by atoms with Crippen LogP contribution in [-0.2, 0) is 25.4 Å². The third-order valence-electron chi connectivity index (χ3n) is 3.92. The van der Waals surface area contributed by atoms with Crippen LogP contribution in [0.3, 0.4) is 0 Å². The summed E-state index contributed by atoms with van der Waals surface area (Å²) in [6.07, 6.45) is 0. The van der Waals surface area contributed by atoms with Gasteiger partial charge in [0.2, 0.25) is 10.0 Å². The van der Waals surface area contributed by atoms with Crippen molar-refractivity contribution in [3.63, 3.8) is 0 Å². The summed E-state index contributed by atoms with van der Waals surface area (Å²) in [5.74, 6) is 0. The molecule has 0 aliphatic heterocycles. The highest BCUT2D eigenvalue weighted by atomic mass is 32.2. The van der Waals surface area contributed by atoms with E-state index in [2.05, 4.69) is 52.0 Å². The first-order valence-electron chi connectivity index (χ1n) is 8.09. The van der Waals surface area contributed by atoms with Gasteiger partial charge in [0, 0.05) is 0 Å². The van der Waals surface area contributed by atoms with Crippen molar-refractivity contribution in [1.82, 2.24) is 0 Å². The predicted octanol–water partition coefficient (Wildman–Crippen LogP) is 5.79. The molecule has 0 aromatic heterocycles. The summed E-state index contributed by atoms with van der Waals surface area (Å²) in [6, 6.07) is 14.2. The van der Waals surface area contributed by atoms with Crippen LogP contribution < -0.4 is 0 Å². The monoisotopic (exact) mass is 344 g/mol. The first-order chi connectivity index (χ1) is 10.9. The smallest absolute Gasteiger partial charge is 0.213 e. The molecule has 2 aromatic carbocycles. The summed E-state index contributed by atoms with van der Waals surface area (Å²) in [5, 5.41) is 0. The van der Waals surface area contributed by atoms with E-state index in [0.717, 1.165) is 11.1 Å². The van der Waals surface area contributed by atoms with E-state index in [9.17, 15) is 8.76 Å². The lowest BCUT2D eigenvalue weighted by molar-refractivity contribution is 0.462. The van der Waals surface area contributed by atoms with Crippen LogP contribution in [0.1, 0.15) is 52.7 Å². The molecule has 0 saturated heterocycles. The van der Waals surface area contributed by atoms with Crippen molar-refractivity contribution in [2.45, 2.75) is 57.3 Å². The molecule has 3 nitrogen and oxygen atoms in total. The Kier molecular flexibility index (Phi) is 4.93. The van der Waals surface area contributed by atoms with Gasteiger partial charge in [0.05, 0.1) is 10.6 Å². The minimum absolute atomic E-state index is 0.0813. The number of hydrogen-bond acceptors (Lipinski definition) is 2. The van der Waals surface area contributed by atoms with E-state index in [1.807, 2.05) is 12.1 Å². The first kappa shape index (κ1) is 18.7. The fraction of sp³-hybridized carbons (Fsp3) is 0.400. The molecule has 129 valence electrons. The van der Waals surface area contributed by atoms with Gasteiger partial charge >= 0.3 is 0 Å². The third-order valence-corrected chi connectivity index (χ3v) is 5.24. The molecular weight excluding hydrogens is 318 g/mol.